The largest absolute Gasteiger partial charge is 0.494 e. The average Bonchev–Trinajstić information content (AvgIpc) is 2.52. The summed E-state index contributed by atoms with van der Waals surface area (Å²) in [4.78, 5) is 11.7. The monoisotopic (exact) mass is 338 g/mol. The van der Waals surface area contributed by atoms with Crippen molar-refractivity contribution in [1.29, 1.82) is 0 Å². The molecule has 0 aromatic heterocycles. The second kappa shape index (κ2) is 8.51. The molecule has 0 unspecified atom stereocenters. The number of carbonyl (C=O) groups excluding carboxylic acids is 1. The molecule has 0 aliphatic carbocycles. The Balaban J connectivity index is 1.67. The molecule has 0 aliphatic heterocycles. The standard InChI is InChI=1S/C16H16Cl2N2O2/c17-13-8-4-9-14(15(13)18)20-16(21)19-10-5-11-22-12-6-2-1-3-7-12/h1-4,6-9H,5,10-11H2,(H2,19,20,21). The van der Waals surface area contributed by atoms with E-state index in [0.717, 1.165) is 5.75 Å². The first kappa shape index (κ1) is 16.5. The van der Waals surface area contributed by atoms with Gasteiger partial charge < -0.3 is 15.4 Å². The molecule has 0 spiro atoms. The van der Waals surface area contributed by atoms with Crippen molar-refractivity contribution in [3.8, 4) is 5.75 Å². The van der Waals surface area contributed by atoms with Gasteiger partial charge in [-0.1, -0.05) is 47.5 Å². The van der Waals surface area contributed by atoms with Crippen molar-refractivity contribution in [2.24, 2.45) is 0 Å². The Labute approximate surface area is 139 Å². The molecule has 2 amide bonds. The third-order valence-electron chi connectivity index (χ3n) is 2.82. The van der Waals surface area contributed by atoms with Gasteiger partial charge in [-0.3, -0.25) is 0 Å². The van der Waals surface area contributed by atoms with Crippen LogP contribution in [0, 0.1) is 0 Å². The van der Waals surface area contributed by atoms with Crippen LogP contribution < -0.4 is 15.4 Å². The molecule has 6 heteroatoms. The summed E-state index contributed by atoms with van der Waals surface area (Å²) in [5, 5.41) is 6.11. The SMILES string of the molecule is O=C(NCCCOc1ccccc1)Nc1cccc(Cl)c1Cl. The first-order valence-corrected chi connectivity index (χ1v) is 7.59. The first-order chi connectivity index (χ1) is 10.7. The van der Waals surface area contributed by atoms with Gasteiger partial charge in [-0.2, -0.15) is 0 Å². The molecule has 0 heterocycles. The van der Waals surface area contributed by atoms with E-state index in [2.05, 4.69) is 10.6 Å². The molecule has 2 N–H and O–H groups in total. The van der Waals surface area contributed by atoms with E-state index in [9.17, 15) is 4.79 Å². The van der Waals surface area contributed by atoms with Crippen molar-refractivity contribution in [3.63, 3.8) is 0 Å². The highest BCUT2D eigenvalue weighted by Crippen LogP contribution is 2.29. The minimum absolute atomic E-state index is 0.326. The molecule has 22 heavy (non-hydrogen) atoms. The molecule has 0 radical (unpaired) electrons. The number of halogens is 2. The maximum Gasteiger partial charge on any atom is 0.319 e. The number of ether oxygens (including phenoxy) is 1. The lowest BCUT2D eigenvalue weighted by Crippen LogP contribution is -2.30. The molecule has 0 saturated heterocycles. The molecule has 116 valence electrons. The third kappa shape index (κ3) is 5.13. The van der Waals surface area contributed by atoms with E-state index in [0.29, 0.717) is 35.3 Å². The summed E-state index contributed by atoms with van der Waals surface area (Å²) in [5.74, 6) is 0.817. The molecular weight excluding hydrogens is 323 g/mol. The zero-order valence-electron chi connectivity index (χ0n) is 11.8. The topological polar surface area (TPSA) is 50.4 Å². The summed E-state index contributed by atoms with van der Waals surface area (Å²) < 4.78 is 5.53. The lowest BCUT2D eigenvalue weighted by molar-refractivity contribution is 0.250. The van der Waals surface area contributed by atoms with Crippen LogP contribution in [0.15, 0.2) is 48.5 Å². The van der Waals surface area contributed by atoms with E-state index < -0.39 is 0 Å². The van der Waals surface area contributed by atoms with Crippen LogP contribution in [0.4, 0.5) is 10.5 Å². The smallest absolute Gasteiger partial charge is 0.319 e. The second-order valence-electron chi connectivity index (χ2n) is 4.50. The number of urea groups is 1. The fourth-order valence-corrected chi connectivity index (χ4v) is 2.10. The van der Waals surface area contributed by atoms with E-state index in [1.807, 2.05) is 30.3 Å². The molecule has 2 aromatic rings. The van der Waals surface area contributed by atoms with Crippen molar-refractivity contribution in [3.05, 3.63) is 58.6 Å². The molecule has 0 bridgehead atoms. The van der Waals surface area contributed by atoms with E-state index >= 15 is 0 Å². The van der Waals surface area contributed by atoms with Crippen molar-refractivity contribution in [2.75, 3.05) is 18.5 Å². The fourth-order valence-electron chi connectivity index (χ4n) is 1.75. The van der Waals surface area contributed by atoms with Gasteiger partial charge in [0.25, 0.3) is 0 Å². The number of carbonyl (C=O) groups is 1. The molecule has 2 rings (SSSR count). The number of nitrogens with one attached hydrogen (secondary N) is 2. The molecule has 0 atom stereocenters. The van der Waals surface area contributed by atoms with Gasteiger partial charge in [0, 0.05) is 6.54 Å². The van der Waals surface area contributed by atoms with Crippen LogP contribution in [0.1, 0.15) is 6.42 Å². The summed E-state index contributed by atoms with van der Waals surface area (Å²) in [6, 6.07) is 14.3. The van der Waals surface area contributed by atoms with Gasteiger partial charge in [0.05, 0.1) is 22.3 Å². The fraction of sp³-hybridized carbons (Fsp3) is 0.188. The number of hydrogen-bond donors (Lipinski definition) is 2. The Morgan fingerprint density at radius 2 is 1.82 bits per heavy atom. The first-order valence-electron chi connectivity index (χ1n) is 6.83. The quantitative estimate of drug-likeness (QED) is 0.757. The van der Waals surface area contributed by atoms with Crippen molar-refractivity contribution in [1.82, 2.24) is 5.32 Å². The Bertz CT molecular complexity index is 621. The number of para-hydroxylation sites is 1. The minimum Gasteiger partial charge on any atom is -0.494 e. The summed E-state index contributed by atoms with van der Waals surface area (Å²) >= 11 is 11.9. The van der Waals surface area contributed by atoms with Crippen molar-refractivity contribution >= 4 is 34.9 Å². The second-order valence-corrected chi connectivity index (χ2v) is 5.28. The van der Waals surface area contributed by atoms with Crippen LogP contribution in [0.5, 0.6) is 5.75 Å². The summed E-state index contributed by atoms with van der Waals surface area (Å²) in [6.45, 7) is 1.03. The lowest BCUT2D eigenvalue weighted by atomic mass is 10.3. The average molecular weight is 339 g/mol. The molecule has 0 aliphatic rings. The van der Waals surface area contributed by atoms with Gasteiger partial charge in [0.1, 0.15) is 5.75 Å². The summed E-state index contributed by atoms with van der Waals surface area (Å²) in [5.41, 5.74) is 0.479. The summed E-state index contributed by atoms with van der Waals surface area (Å²) in [6.07, 6.45) is 0.700. The molecule has 4 nitrogen and oxygen atoms in total. The summed E-state index contributed by atoms with van der Waals surface area (Å²) in [7, 11) is 0. The third-order valence-corrected chi connectivity index (χ3v) is 3.64. The van der Waals surface area contributed by atoms with Gasteiger partial charge in [0.2, 0.25) is 0 Å². The Kier molecular flexibility index (Phi) is 6.37. The van der Waals surface area contributed by atoms with E-state index in [-0.39, 0.29) is 6.03 Å². The maximum absolute atomic E-state index is 11.7. The van der Waals surface area contributed by atoms with Crippen molar-refractivity contribution in [2.45, 2.75) is 6.42 Å². The predicted octanol–water partition coefficient (Wildman–Crippen LogP) is 4.58. The van der Waals surface area contributed by atoms with Gasteiger partial charge in [-0.25, -0.2) is 4.79 Å². The minimum atomic E-state index is -0.330. The molecular formula is C16H16Cl2N2O2. The van der Waals surface area contributed by atoms with E-state index in [4.69, 9.17) is 27.9 Å². The maximum atomic E-state index is 11.7. The Morgan fingerprint density at radius 1 is 1.05 bits per heavy atom. The predicted molar refractivity (Wildman–Crippen MR) is 90.0 cm³/mol. The van der Waals surface area contributed by atoms with Crippen molar-refractivity contribution < 1.29 is 9.53 Å². The number of hydrogen-bond acceptors (Lipinski definition) is 2. The van der Waals surface area contributed by atoms with E-state index in [1.165, 1.54) is 0 Å². The van der Waals surface area contributed by atoms with Gasteiger partial charge in [-0.15, -0.1) is 0 Å². The highest BCUT2D eigenvalue weighted by molar-refractivity contribution is 6.43. The Morgan fingerprint density at radius 3 is 2.59 bits per heavy atom. The van der Waals surface area contributed by atoms with E-state index in [1.54, 1.807) is 18.2 Å². The Hall–Kier alpha value is -1.91. The van der Waals surface area contributed by atoms with Crippen LogP contribution in [-0.2, 0) is 0 Å². The zero-order valence-corrected chi connectivity index (χ0v) is 13.3. The van der Waals surface area contributed by atoms with Gasteiger partial charge >= 0.3 is 6.03 Å². The molecule has 0 fully saturated rings. The van der Waals surface area contributed by atoms with Crippen LogP contribution in [-0.4, -0.2) is 19.2 Å². The number of benzene rings is 2. The van der Waals surface area contributed by atoms with Crippen LogP contribution in [0.2, 0.25) is 10.0 Å². The van der Waals surface area contributed by atoms with Crippen LogP contribution in [0.25, 0.3) is 0 Å². The highest BCUT2D eigenvalue weighted by Gasteiger charge is 2.07. The number of amides is 2. The number of anilines is 1. The van der Waals surface area contributed by atoms with Crippen LogP contribution >= 0.6 is 23.2 Å². The van der Waals surface area contributed by atoms with Gasteiger partial charge in [0.15, 0.2) is 0 Å². The van der Waals surface area contributed by atoms with Gasteiger partial charge in [-0.05, 0) is 30.7 Å². The highest BCUT2D eigenvalue weighted by atomic mass is 35.5. The number of rotatable bonds is 6. The molecule has 0 saturated carbocycles. The lowest BCUT2D eigenvalue weighted by Gasteiger charge is -2.10. The van der Waals surface area contributed by atoms with Crippen LogP contribution in [0.3, 0.4) is 0 Å². The zero-order chi connectivity index (χ0) is 15.8. The molecule has 2 aromatic carbocycles. The normalized spacial score (nSPS) is 10.1.